The number of non-ortho nitro benzene ring substituents is 1. The third-order valence-electron chi connectivity index (χ3n) is 4.26. The first kappa shape index (κ1) is 18.9. The number of nitro benzene ring substituents is 1. The van der Waals surface area contributed by atoms with Gasteiger partial charge in [-0.3, -0.25) is 10.1 Å². The van der Waals surface area contributed by atoms with E-state index in [2.05, 4.69) is 25.7 Å². The van der Waals surface area contributed by atoms with Crippen molar-refractivity contribution >= 4 is 17.9 Å². The molecule has 1 aromatic heterocycles. The Bertz CT molecular complexity index is 1180. The number of nitrogens with one attached hydrogen (secondary N) is 1. The van der Waals surface area contributed by atoms with Crippen molar-refractivity contribution in [2.75, 3.05) is 5.43 Å². The Morgan fingerprint density at radius 1 is 0.800 bits per heavy atom. The monoisotopic (exact) mass is 396 g/mol. The van der Waals surface area contributed by atoms with Crippen LogP contribution < -0.4 is 5.43 Å². The van der Waals surface area contributed by atoms with Crippen LogP contribution in [-0.2, 0) is 0 Å². The third-order valence-corrected chi connectivity index (χ3v) is 4.26. The summed E-state index contributed by atoms with van der Waals surface area (Å²) < 4.78 is 0. The van der Waals surface area contributed by atoms with Gasteiger partial charge in [0.2, 0.25) is 0 Å². The minimum absolute atomic E-state index is 0.0247. The van der Waals surface area contributed by atoms with Crippen molar-refractivity contribution in [2.45, 2.75) is 0 Å². The van der Waals surface area contributed by atoms with Crippen molar-refractivity contribution < 1.29 is 4.92 Å². The molecule has 0 atom stereocenters. The van der Waals surface area contributed by atoms with E-state index in [0.29, 0.717) is 17.0 Å². The second-order valence-corrected chi connectivity index (χ2v) is 6.28. The summed E-state index contributed by atoms with van der Waals surface area (Å²) in [4.78, 5) is 14.9. The van der Waals surface area contributed by atoms with Gasteiger partial charge in [0.15, 0.2) is 0 Å². The second-order valence-electron chi connectivity index (χ2n) is 6.28. The summed E-state index contributed by atoms with van der Waals surface area (Å²) in [6.45, 7) is 0. The lowest BCUT2D eigenvalue weighted by atomic mass is 10.0. The van der Waals surface area contributed by atoms with Crippen LogP contribution in [0.2, 0.25) is 0 Å². The fraction of sp³-hybridized carbons (Fsp3) is 0. The van der Waals surface area contributed by atoms with Crippen molar-refractivity contribution in [3.05, 3.63) is 101 Å². The fourth-order valence-electron chi connectivity index (χ4n) is 2.81. The Morgan fingerprint density at radius 2 is 1.40 bits per heavy atom. The minimum Gasteiger partial charge on any atom is -0.258 e. The number of nitro groups is 1. The summed E-state index contributed by atoms with van der Waals surface area (Å²) in [5.41, 5.74) is 6.68. The fourth-order valence-corrected chi connectivity index (χ4v) is 2.81. The quantitative estimate of drug-likeness (QED) is 0.291. The summed E-state index contributed by atoms with van der Waals surface area (Å²) in [6, 6.07) is 25.5. The van der Waals surface area contributed by atoms with Crippen LogP contribution in [0.3, 0.4) is 0 Å². The van der Waals surface area contributed by atoms with E-state index >= 15 is 0 Å². The Morgan fingerprint density at radius 3 is 2.00 bits per heavy atom. The standard InChI is InChI=1S/C22H16N6O2/c29-28(30)19-13-11-16(12-14-19)15-23-26-22-24-20(17-7-3-1-4-8-17)21(25-27-22)18-9-5-2-6-10-18/h1-15H,(H,24,26,27). The molecule has 1 N–H and O–H groups in total. The molecule has 8 nitrogen and oxygen atoms in total. The molecule has 0 aliphatic rings. The van der Waals surface area contributed by atoms with Crippen molar-refractivity contribution in [3.63, 3.8) is 0 Å². The molecule has 1 heterocycles. The first-order chi connectivity index (χ1) is 14.7. The molecule has 3 aromatic carbocycles. The van der Waals surface area contributed by atoms with Gasteiger partial charge in [-0.1, -0.05) is 60.7 Å². The normalized spacial score (nSPS) is 10.8. The average Bonchev–Trinajstić information content (AvgIpc) is 2.80. The second kappa shape index (κ2) is 8.70. The summed E-state index contributed by atoms with van der Waals surface area (Å²) in [7, 11) is 0. The summed E-state index contributed by atoms with van der Waals surface area (Å²) in [5, 5.41) is 23.3. The van der Waals surface area contributed by atoms with Gasteiger partial charge in [0.25, 0.3) is 11.6 Å². The molecular weight excluding hydrogens is 380 g/mol. The van der Waals surface area contributed by atoms with Crippen LogP contribution in [0, 0.1) is 10.1 Å². The van der Waals surface area contributed by atoms with Gasteiger partial charge in [-0.25, -0.2) is 10.4 Å². The van der Waals surface area contributed by atoms with E-state index < -0.39 is 4.92 Å². The lowest BCUT2D eigenvalue weighted by Gasteiger charge is -2.09. The first-order valence-corrected chi connectivity index (χ1v) is 9.10. The van der Waals surface area contributed by atoms with Gasteiger partial charge in [-0.15, -0.1) is 10.2 Å². The van der Waals surface area contributed by atoms with Gasteiger partial charge in [0.1, 0.15) is 11.4 Å². The Labute approximate surface area is 172 Å². The number of anilines is 1. The summed E-state index contributed by atoms with van der Waals surface area (Å²) >= 11 is 0. The lowest BCUT2D eigenvalue weighted by molar-refractivity contribution is -0.384. The molecule has 0 amide bonds. The Balaban J connectivity index is 1.61. The number of rotatable bonds is 6. The molecule has 146 valence electrons. The zero-order valence-corrected chi connectivity index (χ0v) is 15.7. The van der Waals surface area contributed by atoms with Gasteiger partial charge in [-0.05, 0) is 17.7 Å². The molecule has 8 heteroatoms. The van der Waals surface area contributed by atoms with Crippen LogP contribution in [0.4, 0.5) is 11.6 Å². The van der Waals surface area contributed by atoms with Crippen LogP contribution in [0.5, 0.6) is 0 Å². The van der Waals surface area contributed by atoms with Crippen LogP contribution >= 0.6 is 0 Å². The van der Waals surface area contributed by atoms with E-state index in [0.717, 1.165) is 11.1 Å². The molecule has 0 spiro atoms. The van der Waals surface area contributed by atoms with Crippen LogP contribution in [0.1, 0.15) is 5.56 Å². The number of hydrogen-bond donors (Lipinski definition) is 1. The molecule has 0 bridgehead atoms. The van der Waals surface area contributed by atoms with Gasteiger partial charge in [-0.2, -0.15) is 5.10 Å². The van der Waals surface area contributed by atoms with E-state index in [1.165, 1.54) is 18.3 Å². The number of aromatic nitrogens is 3. The van der Waals surface area contributed by atoms with E-state index in [4.69, 9.17) is 0 Å². The average molecular weight is 396 g/mol. The smallest absolute Gasteiger partial charge is 0.258 e. The van der Waals surface area contributed by atoms with Crippen LogP contribution in [0.25, 0.3) is 22.5 Å². The molecule has 0 saturated heterocycles. The number of hydrogen-bond acceptors (Lipinski definition) is 7. The predicted octanol–water partition coefficient (Wildman–Crippen LogP) is 4.56. The van der Waals surface area contributed by atoms with E-state index in [1.54, 1.807) is 12.1 Å². The van der Waals surface area contributed by atoms with Crippen molar-refractivity contribution in [3.8, 4) is 22.5 Å². The van der Waals surface area contributed by atoms with E-state index in [1.807, 2.05) is 60.7 Å². The zero-order valence-electron chi connectivity index (χ0n) is 15.7. The SMILES string of the molecule is O=[N+]([O-])c1ccc(C=NNc2nnc(-c3ccccc3)c(-c3ccccc3)n2)cc1. The largest absolute Gasteiger partial charge is 0.269 e. The maximum Gasteiger partial charge on any atom is 0.269 e. The third kappa shape index (κ3) is 4.33. The topological polar surface area (TPSA) is 106 Å². The molecule has 0 unspecified atom stereocenters. The predicted molar refractivity (Wildman–Crippen MR) is 115 cm³/mol. The molecule has 0 aliphatic carbocycles. The van der Waals surface area contributed by atoms with Crippen molar-refractivity contribution in [1.29, 1.82) is 0 Å². The molecule has 0 fully saturated rings. The van der Waals surface area contributed by atoms with Gasteiger partial charge in [0.05, 0.1) is 11.1 Å². The van der Waals surface area contributed by atoms with E-state index in [9.17, 15) is 10.1 Å². The van der Waals surface area contributed by atoms with Crippen LogP contribution in [-0.4, -0.2) is 26.3 Å². The molecule has 0 saturated carbocycles. The Kier molecular flexibility index (Phi) is 5.47. The van der Waals surface area contributed by atoms with E-state index in [-0.39, 0.29) is 11.6 Å². The van der Waals surface area contributed by atoms with Crippen molar-refractivity contribution in [2.24, 2.45) is 5.10 Å². The molecule has 4 aromatic rings. The minimum atomic E-state index is -0.446. The van der Waals surface area contributed by atoms with Gasteiger partial charge in [0, 0.05) is 23.3 Å². The van der Waals surface area contributed by atoms with Gasteiger partial charge < -0.3 is 0 Å². The maximum absolute atomic E-state index is 10.7. The van der Waals surface area contributed by atoms with Gasteiger partial charge >= 0.3 is 0 Å². The zero-order chi connectivity index (χ0) is 20.8. The molecule has 30 heavy (non-hydrogen) atoms. The maximum atomic E-state index is 10.7. The summed E-state index contributed by atoms with van der Waals surface area (Å²) in [5.74, 6) is 0.242. The molecule has 0 aliphatic heterocycles. The number of hydrazone groups is 1. The highest BCUT2D eigenvalue weighted by molar-refractivity contribution is 5.81. The molecule has 0 radical (unpaired) electrons. The number of benzene rings is 3. The number of nitrogens with zero attached hydrogens (tertiary/aromatic N) is 5. The first-order valence-electron chi connectivity index (χ1n) is 9.10. The van der Waals surface area contributed by atoms with Crippen molar-refractivity contribution in [1.82, 2.24) is 15.2 Å². The Hall–Kier alpha value is -4.46. The highest BCUT2D eigenvalue weighted by atomic mass is 16.6. The molecular formula is C22H16N6O2. The summed E-state index contributed by atoms with van der Waals surface area (Å²) in [6.07, 6.45) is 1.53. The van der Waals surface area contributed by atoms with Crippen LogP contribution in [0.15, 0.2) is 90.0 Å². The highest BCUT2D eigenvalue weighted by Gasteiger charge is 2.13. The lowest BCUT2D eigenvalue weighted by Crippen LogP contribution is -2.03. The highest BCUT2D eigenvalue weighted by Crippen LogP contribution is 2.28. The molecule has 4 rings (SSSR count).